The van der Waals surface area contributed by atoms with E-state index in [-0.39, 0.29) is 5.56 Å². The van der Waals surface area contributed by atoms with Crippen molar-refractivity contribution in [3.63, 3.8) is 0 Å². The average Bonchev–Trinajstić information content (AvgIpc) is 2.53. The van der Waals surface area contributed by atoms with E-state index in [9.17, 15) is 14.0 Å². The first-order chi connectivity index (χ1) is 11.3. The third-order valence-electron chi connectivity index (χ3n) is 3.64. The molecule has 0 aliphatic rings. The number of rotatable bonds is 4. The highest BCUT2D eigenvalue weighted by Gasteiger charge is 2.21. The van der Waals surface area contributed by atoms with Gasteiger partial charge in [-0.05, 0) is 50.1 Å². The molecule has 0 saturated heterocycles. The summed E-state index contributed by atoms with van der Waals surface area (Å²) in [5.74, 6) is -1.67. The van der Waals surface area contributed by atoms with Crippen molar-refractivity contribution in [1.29, 1.82) is 0 Å². The molecule has 0 aliphatic heterocycles. The Morgan fingerprint density at radius 2 is 1.88 bits per heavy atom. The molecule has 0 aliphatic carbocycles. The highest BCUT2D eigenvalue weighted by molar-refractivity contribution is 5.99. The summed E-state index contributed by atoms with van der Waals surface area (Å²) in [7, 11) is 0. The molecule has 0 bridgehead atoms. The van der Waals surface area contributed by atoms with Gasteiger partial charge in [0.05, 0.1) is 5.56 Å². The fraction of sp³-hybridized carbons (Fsp3) is 0.222. The number of ether oxygens (including phenoxy) is 1. The topological polar surface area (TPSA) is 81.4 Å². The maximum absolute atomic E-state index is 13.5. The first-order valence-corrected chi connectivity index (χ1v) is 7.42. The van der Waals surface area contributed by atoms with Crippen LogP contribution in [0.25, 0.3) is 0 Å². The van der Waals surface area contributed by atoms with Crippen LogP contribution in [0.15, 0.2) is 36.4 Å². The van der Waals surface area contributed by atoms with Crippen LogP contribution in [-0.2, 0) is 9.53 Å². The molecule has 0 unspecified atom stereocenters. The fourth-order valence-corrected chi connectivity index (χ4v) is 2.05. The molecule has 0 aromatic heterocycles. The molecule has 1 amide bonds. The van der Waals surface area contributed by atoms with Crippen LogP contribution in [0.1, 0.15) is 28.4 Å². The zero-order valence-electron chi connectivity index (χ0n) is 13.7. The van der Waals surface area contributed by atoms with Crippen molar-refractivity contribution in [1.82, 2.24) is 0 Å². The third kappa shape index (κ3) is 3.90. The number of hydrogen-bond acceptors (Lipinski definition) is 4. The lowest BCUT2D eigenvalue weighted by molar-refractivity contribution is -0.123. The van der Waals surface area contributed by atoms with E-state index in [0.29, 0.717) is 16.9 Å². The second-order valence-electron chi connectivity index (χ2n) is 5.54. The average molecular weight is 330 g/mol. The van der Waals surface area contributed by atoms with Gasteiger partial charge < -0.3 is 15.8 Å². The molecule has 1 atom stereocenters. The van der Waals surface area contributed by atoms with Crippen LogP contribution in [-0.4, -0.2) is 18.0 Å². The van der Waals surface area contributed by atoms with Gasteiger partial charge in [0.15, 0.2) is 6.10 Å². The van der Waals surface area contributed by atoms with E-state index in [4.69, 9.17) is 10.5 Å². The Morgan fingerprint density at radius 3 is 2.54 bits per heavy atom. The van der Waals surface area contributed by atoms with Crippen molar-refractivity contribution in [3.8, 4) is 0 Å². The molecule has 3 N–H and O–H groups in total. The molecule has 0 radical (unpaired) electrons. The summed E-state index contributed by atoms with van der Waals surface area (Å²) in [6, 6.07) is 9.32. The number of nitrogen functional groups attached to an aromatic ring is 1. The van der Waals surface area contributed by atoms with Gasteiger partial charge in [0.2, 0.25) is 0 Å². The largest absolute Gasteiger partial charge is 0.449 e. The highest BCUT2D eigenvalue weighted by atomic mass is 19.1. The summed E-state index contributed by atoms with van der Waals surface area (Å²) in [5.41, 5.74) is 7.88. The maximum atomic E-state index is 13.5. The van der Waals surface area contributed by atoms with E-state index in [1.165, 1.54) is 19.1 Å². The van der Waals surface area contributed by atoms with Crippen molar-refractivity contribution in [2.75, 3.05) is 11.1 Å². The molecule has 0 heterocycles. The number of aryl methyl sites for hydroxylation is 2. The molecular formula is C18H19FN2O3. The van der Waals surface area contributed by atoms with E-state index in [1.807, 2.05) is 0 Å². The van der Waals surface area contributed by atoms with E-state index in [0.717, 1.165) is 5.56 Å². The van der Waals surface area contributed by atoms with Crippen LogP contribution in [0.4, 0.5) is 15.8 Å². The summed E-state index contributed by atoms with van der Waals surface area (Å²) < 4.78 is 18.6. The summed E-state index contributed by atoms with van der Waals surface area (Å²) in [6.07, 6.45) is -1.05. The lowest BCUT2D eigenvalue weighted by Gasteiger charge is -2.15. The van der Waals surface area contributed by atoms with Crippen molar-refractivity contribution >= 4 is 23.3 Å². The molecular weight excluding hydrogens is 311 g/mol. The normalized spacial score (nSPS) is 11.7. The number of amides is 1. The van der Waals surface area contributed by atoms with Gasteiger partial charge in [0.1, 0.15) is 5.82 Å². The number of carbonyl (C=O) groups is 2. The number of nitrogens with one attached hydrogen (secondary N) is 1. The lowest BCUT2D eigenvalue weighted by atomic mass is 10.1. The van der Waals surface area contributed by atoms with Crippen molar-refractivity contribution < 1.29 is 18.7 Å². The molecule has 2 aromatic carbocycles. The Bertz CT molecular complexity index is 790. The Hall–Kier alpha value is -2.89. The predicted molar refractivity (Wildman–Crippen MR) is 90.2 cm³/mol. The summed E-state index contributed by atoms with van der Waals surface area (Å²) in [5, 5.41) is 2.51. The van der Waals surface area contributed by atoms with Crippen LogP contribution < -0.4 is 11.1 Å². The van der Waals surface area contributed by atoms with Crippen LogP contribution in [0.5, 0.6) is 0 Å². The first-order valence-electron chi connectivity index (χ1n) is 7.42. The van der Waals surface area contributed by atoms with E-state index >= 15 is 0 Å². The summed E-state index contributed by atoms with van der Waals surface area (Å²) in [6.45, 7) is 4.83. The Labute approximate surface area is 139 Å². The summed E-state index contributed by atoms with van der Waals surface area (Å²) in [4.78, 5) is 24.2. The molecule has 0 saturated carbocycles. The van der Waals surface area contributed by atoms with Gasteiger partial charge in [-0.25, -0.2) is 9.18 Å². The number of hydrogen-bond donors (Lipinski definition) is 2. The van der Waals surface area contributed by atoms with Gasteiger partial charge in [0.25, 0.3) is 5.91 Å². The Morgan fingerprint density at radius 1 is 1.17 bits per heavy atom. The van der Waals surface area contributed by atoms with Crippen LogP contribution in [0.2, 0.25) is 0 Å². The molecule has 5 nitrogen and oxygen atoms in total. The number of nitrogens with two attached hydrogens (primary N) is 1. The molecule has 24 heavy (non-hydrogen) atoms. The predicted octanol–water partition coefficient (Wildman–Crippen LogP) is 3.21. The van der Waals surface area contributed by atoms with Crippen molar-refractivity contribution in [2.45, 2.75) is 26.9 Å². The smallest absolute Gasteiger partial charge is 0.341 e. The minimum absolute atomic E-state index is 0.205. The van der Waals surface area contributed by atoms with Crippen LogP contribution in [0, 0.1) is 19.7 Å². The van der Waals surface area contributed by atoms with Crippen LogP contribution >= 0.6 is 0 Å². The first kappa shape index (κ1) is 17.5. The zero-order chi connectivity index (χ0) is 17.9. The Balaban J connectivity index is 2.04. The molecule has 126 valence electrons. The SMILES string of the molecule is Cc1ccc(NC(=O)[C@H](C)OC(=O)c2cccc(C)c2N)cc1F. The maximum Gasteiger partial charge on any atom is 0.341 e. The molecule has 6 heteroatoms. The fourth-order valence-electron chi connectivity index (χ4n) is 2.05. The molecule has 2 aromatic rings. The van der Waals surface area contributed by atoms with Gasteiger partial charge in [-0.1, -0.05) is 18.2 Å². The van der Waals surface area contributed by atoms with Crippen molar-refractivity contribution in [3.05, 3.63) is 58.9 Å². The minimum Gasteiger partial charge on any atom is -0.449 e. The van der Waals surface area contributed by atoms with Gasteiger partial charge in [-0.2, -0.15) is 0 Å². The number of carbonyl (C=O) groups excluding carboxylic acids is 2. The molecule has 0 fully saturated rings. The lowest BCUT2D eigenvalue weighted by Crippen LogP contribution is -2.30. The van der Waals surface area contributed by atoms with Crippen molar-refractivity contribution in [2.24, 2.45) is 0 Å². The monoisotopic (exact) mass is 330 g/mol. The number of halogens is 1. The third-order valence-corrected chi connectivity index (χ3v) is 3.64. The molecule has 0 spiro atoms. The number of esters is 1. The molecule has 2 rings (SSSR count). The zero-order valence-corrected chi connectivity index (χ0v) is 13.7. The van der Waals surface area contributed by atoms with E-state index < -0.39 is 23.8 Å². The second kappa shape index (κ2) is 7.12. The number of benzene rings is 2. The Kier molecular flexibility index (Phi) is 5.18. The van der Waals surface area contributed by atoms with Gasteiger partial charge in [0, 0.05) is 11.4 Å². The number of para-hydroxylation sites is 1. The minimum atomic E-state index is -1.05. The standard InChI is InChI=1S/C18H19FN2O3/c1-10-7-8-13(9-15(10)19)21-17(22)12(3)24-18(23)14-6-4-5-11(2)16(14)20/h4-9,12H,20H2,1-3H3,(H,21,22)/t12-/m0/s1. The van der Waals surface area contributed by atoms with Crippen LogP contribution in [0.3, 0.4) is 0 Å². The summed E-state index contributed by atoms with van der Waals surface area (Å²) >= 11 is 0. The van der Waals surface area contributed by atoms with Gasteiger partial charge >= 0.3 is 5.97 Å². The quantitative estimate of drug-likeness (QED) is 0.666. The highest BCUT2D eigenvalue weighted by Crippen LogP contribution is 2.18. The van der Waals surface area contributed by atoms with Gasteiger partial charge in [-0.3, -0.25) is 4.79 Å². The second-order valence-corrected chi connectivity index (χ2v) is 5.54. The van der Waals surface area contributed by atoms with Gasteiger partial charge in [-0.15, -0.1) is 0 Å². The van der Waals surface area contributed by atoms with E-state index in [2.05, 4.69) is 5.32 Å². The number of anilines is 2. The van der Waals surface area contributed by atoms with E-state index in [1.54, 1.807) is 38.1 Å².